The maximum absolute atomic E-state index is 12.6. The monoisotopic (exact) mass is 375 g/mol. The number of aryl methyl sites for hydroxylation is 2. The molecule has 6 nitrogen and oxygen atoms in total. The van der Waals surface area contributed by atoms with Crippen LogP contribution >= 0.6 is 0 Å². The number of rotatable bonds is 8. The zero-order valence-corrected chi connectivity index (χ0v) is 17.0. The highest BCUT2D eigenvalue weighted by molar-refractivity contribution is 5.95. The molecule has 1 heterocycles. The quantitative estimate of drug-likeness (QED) is 0.685. The lowest BCUT2D eigenvalue weighted by molar-refractivity contribution is -0.127. The van der Waals surface area contributed by atoms with Gasteiger partial charge in [0.1, 0.15) is 0 Å². The Hall–Kier alpha value is -1.92. The number of piperidine rings is 1. The lowest BCUT2D eigenvalue weighted by Crippen LogP contribution is -2.48. The van der Waals surface area contributed by atoms with Gasteiger partial charge in [-0.3, -0.25) is 14.5 Å². The van der Waals surface area contributed by atoms with Crippen molar-refractivity contribution in [2.75, 3.05) is 38.7 Å². The zero-order valence-electron chi connectivity index (χ0n) is 17.0. The van der Waals surface area contributed by atoms with E-state index < -0.39 is 0 Å². The number of likely N-dealkylation sites (tertiary alicyclic amines) is 1. The molecular weight excluding hydrogens is 342 g/mol. The molecule has 1 aromatic carbocycles. The Morgan fingerprint density at radius 2 is 1.96 bits per heavy atom. The number of hydrogen-bond donors (Lipinski definition) is 2. The number of methoxy groups -OCH3 is 1. The lowest BCUT2D eigenvalue weighted by Gasteiger charge is -2.34. The number of nitrogens with one attached hydrogen (secondary N) is 2. The van der Waals surface area contributed by atoms with Crippen LogP contribution in [0.1, 0.15) is 37.3 Å². The highest BCUT2D eigenvalue weighted by Crippen LogP contribution is 2.21. The van der Waals surface area contributed by atoms with Gasteiger partial charge in [-0.25, -0.2) is 0 Å². The molecule has 0 aliphatic carbocycles. The Labute approximate surface area is 162 Å². The minimum Gasteiger partial charge on any atom is -0.385 e. The largest absolute Gasteiger partial charge is 0.385 e. The average Bonchev–Trinajstić information content (AvgIpc) is 2.66. The van der Waals surface area contributed by atoms with Crippen LogP contribution < -0.4 is 10.6 Å². The average molecular weight is 376 g/mol. The van der Waals surface area contributed by atoms with Crippen LogP contribution in [0.2, 0.25) is 0 Å². The minimum absolute atomic E-state index is 0.00409. The predicted octanol–water partition coefficient (Wildman–Crippen LogP) is 2.50. The van der Waals surface area contributed by atoms with Crippen LogP contribution in [0.25, 0.3) is 0 Å². The van der Waals surface area contributed by atoms with Gasteiger partial charge in [0.05, 0.1) is 6.04 Å². The molecule has 0 spiro atoms. The number of benzene rings is 1. The van der Waals surface area contributed by atoms with E-state index in [4.69, 9.17) is 4.74 Å². The van der Waals surface area contributed by atoms with Crippen LogP contribution in [0.4, 0.5) is 5.69 Å². The van der Waals surface area contributed by atoms with Crippen molar-refractivity contribution >= 4 is 17.5 Å². The van der Waals surface area contributed by atoms with E-state index in [0.717, 1.165) is 43.6 Å². The summed E-state index contributed by atoms with van der Waals surface area (Å²) < 4.78 is 4.99. The maximum Gasteiger partial charge on any atom is 0.241 e. The van der Waals surface area contributed by atoms with Gasteiger partial charge in [0.2, 0.25) is 11.8 Å². The molecule has 0 aromatic heterocycles. The van der Waals surface area contributed by atoms with Crippen molar-refractivity contribution in [3.63, 3.8) is 0 Å². The van der Waals surface area contributed by atoms with E-state index in [1.54, 1.807) is 7.11 Å². The first kappa shape index (κ1) is 21.4. The second kappa shape index (κ2) is 10.4. The molecule has 1 aliphatic heterocycles. The third-order valence-corrected chi connectivity index (χ3v) is 5.29. The molecule has 1 aromatic rings. The number of nitrogens with zero attached hydrogens (tertiary/aromatic N) is 1. The summed E-state index contributed by atoms with van der Waals surface area (Å²) in [7, 11) is 1.66. The van der Waals surface area contributed by atoms with E-state index in [0.29, 0.717) is 13.2 Å². The normalized spacial score (nSPS) is 16.7. The van der Waals surface area contributed by atoms with E-state index in [2.05, 4.69) is 21.6 Å². The first-order valence-corrected chi connectivity index (χ1v) is 9.81. The van der Waals surface area contributed by atoms with E-state index in [1.807, 2.05) is 32.9 Å². The summed E-state index contributed by atoms with van der Waals surface area (Å²) in [5.74, 6) is 0.168. The fourth-order valence-corrected chi connectivity index (χ4v) is 3.48. The highest BCUT2D eigenvalue weighted by atomic mass is 16.5. The van der Waals surface area contributed by atoms with Gasteiger partial charge in [-0.15, -0.1) is 0 Å². The number of anilines is 1. The molecule has 1 unspecified atom stereocenters. The molecule has 6 heteroatoms. The molecular formula is C21H33N3O3. The van der Waals surface area contributed by atoms with Gasteiger partial charge in [-0.1, -0.05) is 17.7 Å². The minimum atomic E-state index is -0.212. The molecule has 1 fully saturated rings. The summed E-state index contributed by atoms with van der Waals surface area (Å²) >= 11 is 0. The van der Waals surface area contributed by atoms with Gasteiger partial charge in [-0.05, 0) is 64.8 Å². The van der Waals surface area contributed by atoms with Crippen molar-refractivity contribution in [2.24, 2.45) is 5.92 Å². The molecule has 2 amide bonds. The second-order valence-electron chi connectivity index (χ2n) is 7.43. The predicted molar refractivity (Wildman–Crippen MR) is 108 cm³/mol. The Morgan fingerprint density at radius 1 is 1.26 bits per heavy atom. The number of ether oxygens (including phenoxy) is 1. The SMILES string of the molecule is COCCCNC(=O)C1CCN(C(C)C(=O)Nc2ccc(C)cc2C)CC1. The first-order chi connectivity index (χ1) is 12.9. The van der Waals surface area contributed by atoms with Crippen LogP contribution in [-0.4, -0.2) is 56.1 Å². The summed E-state index contributed by atoms with van der Waals surface area (Å²) in [6.07, 6.45) is 2.41. The van der Waals surface area contributed by atoms with Crippen molar-refractivity contribution in [1.29, 1.82) is 0 Å². The Morgan fingerprint density at radius 3 is 2.59 bits per heavy atom. The van der Waals surface area contributed by atoms with Gasteiger partial charge in [0, 0.05) is 31.9 Å². The molecule has 0 radical (unpaired) electrons. The molecule has 150 valence electrons. The number of amides is 2. The van der Waals surface area contributed by atoms with Crippen molar-refractivity contribution < 1.29 is 14.3 Å². The smallest absolute Gasteiger partial charge is 0.241 e. The molecule has 1 aliphatic rings. The Balaban J connectivity index is 1.79. The molecule has 0 saturated carbocycles. The fourth-order valence-electron chi connectivity index (χ4n) is 3.48. The zero-order chi connectivity index (χ0) is 19.8. The maximum atomic E-state index is 12.6. The second-order valence-corrected chi connectivity index (χ2v) is 7.43. The van der Waals surface area contributed by atoms with Crippen LogP contribution in [0.15, 0.2) is 18.2 Å². The molecule has 0 bridgehead atoms. The summed E-state index contributed by atoms with van der Waals surface area (Å²) in [6.45, 7) is 8.82. The van der Waals surface area contributed by atoms with Crippen molar-refractivity contribution in [3.8, 4) is 0 Å². The van der Waals surface area contributed by atoms with E-state index in [1.165, 1.54) is 5.56 Å². The molecule has 2 N–H and O–H groups in total. The van der Waals surface area contributed by atoms with E-state index in [9.17, 15) is 9.59 Å². The van der Waals surface area contributed by atoms with Crippen LogP contribution in [0.3, 0.4) is 0 Å². The summed E-state index contributed by atoms with van der Waals surface area (Å²) in [4.78, 5) is 27.0. The van der Waals surface area contributed by atoms with Crippen molar-refractivity contribution in [3.05, 3.63) is 29.3 Å². The number of carbonyl (C=O) groups is 2. The Bertz CT molecular complexity index is 640. The topological polar surface area (TPSA) is 70.7 Å². The van der Waals surface area contributed by atoms with E-state index >= 15 is 0 Å². The van der Waals surface area contributed by atoms with Crippen LogP contribution in [-0.2, 0) is 14.3 Å². The van der Waals surface area contributed by atoms with Gasteiger partial charge < -0.3 is 15.4 Å². The third-order valence-electron chi connectivity index (χ3n) is 5.29. The molecule has 2 rings (SSSR count). The molecule has 27 heavy (non-hydrogen) atoms. The van der Waals surface area contributed by atoms with Crippen molar-refractivity contribution in [1.82, 2.24) is 10.2 Å². The first-order valence-electron chi connectivity index (χ1n) is 9.81. The summed E-state index contributed by atoms with van der Waals surface area (Å²) in [5, 5.41) is 6.02. The number of hydrogen-bond acceptors (Lipinski definition) is 4. The highest BCUT2D eigenvalue weighted by Gasteiger charge is 2.29. The van der Waals surface area contributed by atoms with Gasteiger partial charge in [0.25, 0.3) is 0 Å². The summed E-state index contributed by atoms with van der Waals surface area (Å²) in [5.41, 5.74) is 3.11. The molecule has 1 atom stereocenters. The fraction of sp³-hybridized carbons (Fsp3) is 0.619. The Kier molecular flexibility index (Phi) is 8.25. The van der Waals surface area contributed by atoms with Gasteiger partial charge >= 0.3 is 0 Å². The summed E-state index contributed by atoms with van der Waals surface area (Å²) in [6, 6.07) is 5.81. The van der Waals surface area contributed by atoms with Gasteiger partial charge in [0.15, 0.2) is 0 Å². The third kappa shape index (κ3) is 6.33. The lowest BCUT2D eigenvalue weighted by atomic mass is 9.95. The standard InChI is InChI=1S/C21H33N3O3/c1-15-6-7-19(16(2)14-15)23-20(25)17(3)24-11-8-18(9-12-24)21(26)22-10-5-13-27-4/h6-7,14,17-18H,5,8-13H2,1-4H3,(H,22,26)(H,23,25). The number of carbonyl (C=O) groups excluding carboxylic acids is 2. The van der Waals surface area contributed by atoms with Gasteiger partial charge in [-0.2, -0.15) is 0 Å². The molecule has 1 saturated heterocycles. The van der Waals surface area contributed by atoms with Crippen molar-refractivity contribution in [2.45, 2.75) is 46.1 Å². The van der Waals surface area contributed by atoms with Crippen LogP contribution in [0, 0.1) is 19.8 Å². The van der Waals surface area contributed by atoms with Crippen LogP contribution in [0.5, 0.6) is 0 Å². The van der Waals surface area contributed by atoms with E-state index in [-0.39, 0.29) is 23.8 Å².